The molecule has 0 N–H and O–H groups in total. The van der Waals surface area contributed by atoms with Crippen molar-refractivity contribution in [2.45, 2.75) is 26.4 Å². The van der Waals surface area contributed by atoms with Crippen LogP contribution in [0, 0.1) is 0 Å². The fourth-order valence-corrected chi connectivity index (χ4v) is 2.43. The first-order chi connectivity index (χ1) is 10.8. The third-order valence-electron chi connectivity index (χ3n) is 3.63. The van der Waals surface area contributed by atoms with Crippen LogP contribution in [-0.4, -0.2) is 55.8 Å². The molecule has 1 aromatic rings. The number of esters is 1. The van der Waals surface area contributed by atoms with E-state index in [1.807, 2.05) is 6.07 Å². The van der Waals surface area contributed by atoms with Gasteiger partial charge in [0.1, 0.15) is 5.60 Å². The Morgan fingerprint density at radius 1 is 1.22 bits per heavy atom. The molecule has 0 unspecified atom stereocenters. The summed E-state index contributed by atoms with van der Waals surface area (Å²) in [4.78, 5) is 31.1. The molecule has 1 aromatic carbocycles. The van der Waals surface area contributed by atoms with E-state index in [0.717, 1.165) is 31.9 Å². The van der Waals surface area contributed by atoms with Crippen LogP contribution in [0.2, 0.25) is 0 Å². The van der Waals surface area contributed by atoms with Crippen LogP contribution in [0.3, 0.4) is 0 Å². The van der Waals surface area contributed by atoms with Gasteiger partial charge in [-0.15, -0.1) is 0 Å². The second-order valence-corrected chi connectivity index (χ2v) is 6.70. The highest BCUT2D eigenvalue weighted by Gasteiger charge is 2.22. The molecule has 1 fully saturated rings. The highest BCUT2D eigenvalue weighted by Crippen LogP contribution is 2.28. The van der Waals surface area contributed by atoms with Crippen molar-refractivity contribution in [2.24, 2.45) is 4.99 Å². The second kappa shape index (κ2) is 6.94. The highest BCUT2D eigenvalue weighted by molar-refractivity contribution is 5.96. The maximum absolute atomic E-state index is 12.3. The Labute approximate surface area is 136 Å². The summed E-state index contributed by atoms with van der Waals surface area (Å²) < 4.78 is 5.36. The molecule has 0 aromatic heterocycles. The number of rotatable bonds is 3. The van der Waals surface area contributed by atoms with Gasteiger partial charge < -0.3 is 14.5 Å². The summed E-state index contributed by atoms with van der Waals surface area (Å²) in [5.41, 5.74) is 0.918. The van der Waals surface area contributed by atoms with Gasteiger partial charge in [-0.25, -0.2) is 9.59 Å². The summed E-state index contributed by atoms with van der Waals surface area (Å²) in [5, 5.41) is 0. The summed E-state index contributed by atoms with van der Waals surface area (Å²) in [6, 6.07) is 5.28. The Morgan fingerprint density at radius 3 is 2.43 bits per heavy atom. The summed E-state index contributed by atoms with van der Waals surface area (Å²) in [7, 11) is 2.09. The molecule has 0 radical (unpaired) electrons. The van der Waals surface area contributed by atoms with Gasteiger partial charge in [0.2, 0.25) is 6.08 Å². The minimum absolute atomic E-state index is 0.279. The number of hydrogen-bond donors (Lipinski definition) is 0. The van der Waals surface area contributed by atoms with Crippen molar-refractivity contribution < 1.29 is 14.3 Å². The van der Waals surface area contributed by atoms with Gasteiger partial charge in [-0.1, -0.05) is 0 Å². The molecule has 6 heteroatoms. The molecule has 0 spiro atoms. The average Bonchev–Trinajstić information content (AvgIpc) is 2.46. The van der Waals surface area contributed by atoms with E-state index >= 15 is 0 Å². The van der Waals surface area contributed by atoms with Crippen molar-refractivity contribution in [3.05, 3.63) is 23.8 Å². The standard InChI is InChI=1S/C17H23N3O3/c1-17(2,3)23-16(22)14-6-5-13(11-15(14)18-12-21)20-9-7-19(4)8-10-20/h5-6,11H,7-10H2,1-4H3. The number of piperazine rings is 1. The van der Waals surface area contributed by atoms with E-state index in [2.05, 4.69) is 21.8 Å². The number of hydrogen-bond acceptors (Lipinski definition) is 6. The lowest BCUT2D eigenvalue weighted by Gasteiger charge is -2.34. The van der Waals surface area contributed by atoms with Gasteiger partial charge in [0.15, 0.2) is 0 Å². The molecule has 0 atom stereocenters. The van der Waals surface area contributed by atoms with E-state index in [4.69, 9.17) is 4.74 Å². The number of carbonyl (C=O) groups is 1. The Bertz CT molecular complexity index is 622. The summed E-state index contributed by atoms with van der Waals surface area (Å²) in [6.07, 6.45) is 1.52. The smallest absolute Gasteiger partial charge is 0.340 e. The van der Waals surface area contributed by atoms with Gasteiger partial charge in [-0.2, -0.15) is 4.99 Å². The maximum atomic E-state index is 12.3. The van der Waals surface area contributed by atoms with Crippen molar-refractivity contribution >= 4 is 23.4 Å². The predicted octanol–water partition coefficient (Wildman–Crippen LogP) is 2.36. The van der Waals surface area contributed by atoms with Crippen molar-refractivity contribution in [1.29, 1.82) is 0 Å². The van der Waals surface area contributed by atoms with Crippen molar-refractivity contribution in [1.82, 2.24) is 4.90 Å². The van der Waals surface area contributed by atoms with Gasteiger partial charge in [0.05, 0.1) is 11.3 Å². The normalized spacial score (nSPS) is 15.9. The van der Waals surface area contributed by atoms with Crippen LogP contribution in [0.5, 0.6) is 0 Å². The Kier molecular flexibility index (Phi) is 5.19. The van der Waals surface area contributed by atoms with Crippen molar-refractivity contribution in [3.63, 3.8) is 0 Å². The van der Waals surface area contributed by atoms with Crippen molar-refractivity contribution in [2.75, 3.05) is 38.1 Å². The number of benzene rings is 1. The predicted molar refractivity (Wildman–Crippen MR) is 89.1 cm³/mol. The lowest BCUT2D eigenvalue weighted by atomic mass is 10.1. The number of carbonyl (C=O) groups excluding carboxylic acids is 2. The first-order valence-corrected chi connectivity index (χ1v) is 7.69. The minimum atomic E-state index is -0.602. The Balaban J connectivity index is 2.28. The van der Waals surface area contributed by atoms with Crippen LogP contribution < -0.4 is 4.90 Å². The zero-order valence-electron chi connectivity index (χ0n) is 14.1. The van der Waals surface area contributed by atoms with Gasteiger partial charge >= 0.3 is 5.97 Å². The largest absolute Gasteiger partial charge is 0.456 e. The van der Waals surface area contributed by atoms with E-state index in [1.54, 1.807) is 32.9 Å². The van der Waals surface area contributed by atoms with E-state index < -0.39 is 11.6 Å². The topological polar surface area (TPSA) is 62.2 Å². The summed E-state index contributed by atoms with van der Waals surface area (Å²) in [5.74, 6) is -0.489. The molecule has 1 saturated heterocycles. The number of anilines is 1. The quantitative estimate of drug-likeness (QED) is 0.486. The lowest BCUT2D eigenvalue weighted by Crippen LogP contribution is -2.44. The molecule has 0 bridgehead atoms. The second-order valence-electron chi connectivity index (χ2n) is 6.70. The molecule has 23 heavy (non-hydrogen) atoms. The summed E-state index contributed by atoms with van der Waals surface area (Å²) in [6.45, 7) is 9.13. The van der Waals surface area contributed by atoms with E-state index in [0.29, 0.717) is 5.69 Å². The van der Waals surface area contributed by atoms with Gasteiger partial charge in [-0.3, -0.25) is 0 Å². The van der Waals surface area contributed by atoms with Gasteiger partial charge in [-0.05, 0) is 46.0 Å². The number of isocyanates is 1. The van der Waals surface area contributed by atoms with Crippen molar-refractivity contribution in [3.8, 4) is 0 Å². The zero-order valence-corrected chi connectivity index (χ0v) is 14.1. The molecule has 0 aliphatic carbocycles. The first-order valence-electron chi connectivity index (χ1n) is 7.69. The summed E-state index contributed by atoms with van der Waals surface area (Å²) >= 11 is 0. The minimum Gasteiger partial charge on any atom is -0.456 e. The third kappa shape index (κ3) is 4.65. The first kappa shape index (κ1) is 17.2. The number of likely N-dealkylation sites (N-methyl/N-ethyl adjacent to an activating group) is 1. The van der Waals surface area contributed by atoms with Crippen LogP contribution in [0.4, 0.5) is 11.4 Å². The molecule has 0 amide bonds. The molecular formula is C17H23N3O3. The molecule has 1 heterocycles. The van der Waals surface area contributed by atoms with E-state index in [-0.39, 0.29) is 5.56 Å². The van der Waals surface area contributed by atoms with Gasteiger partial charge in [0.25, 0.3) is 0 Å². The molecule has 2 rings (SSSR count). The number of aliphatic imine (C=N–C) groups is 1. The molecule has 1 aliphatic heterocycles. The SMILES string of the molecule is CN1CCN(c2ccc(C(=O)OC(C)(C)C)c(N=C=O)c2)CC1. The Morgan fingerprint density at radius 2 is 1.87 bits per heavy atom. The zero-order chi connectivity index (χ0) is 17.0. The van der Waals surface area contributed by atoms with Crippen LogP contribution in [-0.2, 0) is 9.53 Å². The maximum Gasteiger partial charge on any atom is 0.340 e. The average molecular weight is 317 g/mol. The highest BCUT2D eigenvalue weighted by atomic mass is 16.6. The Hall–Kier alpha value is -2.17. The van der Waals surface area contributed by atoms with Crippen LogP contribution >= 0.6 is 0 Å². The molecular weight excluding hydrogens is 294 g/mol. The molecule has 6 nitrogen and oxygen atoms in total. The fourth-order valence-electron chi connectivity index (χ4n) is 2.43. The monoisotopic (exact) mass is 317 g/mol. The van der Waals surface area contributed by atoms with Crippen LogP contribution in [0.15, 0.2) is 23.2 Å². The van der Waals surface area contributed by atoms with Gasteiger partial charge in [0, 0.05) is 31.9 Å². The van der Waals surface area contributed by atoms with Crippen LogP contribution in [0.25, 0.3) is 0 Å². The fraction of sp³-hybridized carbons (Fsp3) is 0.529. The lowest BCUT2D eigenvalue weighted by molar-refractivity contribution is 0.00706. The number of nitrogens with zero attached hydrogens (tertiary/aromatic N) is 3. The molecule has 1 aliphatic rings. The molecule has 124 valence electrons. The molecule has 0 saturated carbocycles. The third-order valence-corrected chi connectivity index (χ3v) is 3.63. The number of ether oxygens (including phenoxy) is 1. The van der Waals surface area contributed by atoms with Crippen LogP contribution in [0.1, 0.15) is 31.1 Å². The van der Waals surface area contributed by atoms with E-state index in [1.165, 1.54) is 6.08 Å². The van der Waals surface area contributed by atoms with E-state index in [9.17, 15) is 9.59 Å².